The summed E-state index contributed by atoms with van der Waals surface area (Å²) in [5.74, 6) is -0.141. The Balaban J connectivity index is 2.07. The van der Waals surface area contributed by atoms with Crippen molar-refractivity contribution in [1.82, 2.24) is 19.5 Å². The zero-order valence-electron chi connectivity index (χ0n) is 10.1. The fourth-order valence-corrected chi connectivity index (χ4v) is 2.21. The van der Waals surface area contributed by atoms with Crippen molar-refractivity contribution in [3.63, 3.8) is 0 Å². The quantitative estimate of drug-likeness (QED) is 0.473. The minimum absolute atomic E-state index is 0.0323. The van der Waals surface area contributed by atoms with Gasteiger partial charge in [-0.1, -0.05) is 0 Å². The van der Waals surface area contributed by atoms with E-state index in [1.807, 2.05) is 0 Å². The number of aromatic nitrogens is 4. The second-order valence-corrected chi connectivity index (χ2v) is 4.43. The van der Waals surface area contributed by atoms with Gasteiger partial charge in [0.1, 0.15) is 18.3 Å². The first kappa shape index (κ1) is 13.1. The number of ether oxygens (including phenoxy) is 1. The van der Waals surface area contributed by atoms with Gasteiger partial charge < -0.3 is 25.8 Å². The van der Waals surface area contributed by atoms with Crippen LogP contribution in [0.4, 0.5) is 10.2 Å². The summed E-state index contributed by atoms with van der Waals surface area (Å²) in [5, 5.41) is 28.7. The lowest BCUT2D eigenvalue weighted by Gasteiger charge is -2.16. The standard InChI is InChI=1S/C10H12FN5O4/c11-10-14-7(12)4-8(15-10)16(2-13-4)9-6(19)5(18)3(1-17)20-9/h2-3,5-6,9,17-19H,1H2,(H2,12,14,15)/t3-,5?,6-,9-/m1/s1/i4+1,8+1,13+1. The van der Waals surface area contributed by atoms with Gasteiger partial charge in [0.2, 0.25) is 0 Å². The Labute approximate surface area is 111 Å². The molecular weight excluding hydrogens is 276 g/mol. The summed E-state index contributed by atoms with van der Waals surface area (Å²) in [5.41, 5.74) is 5.71. The van der Waals surface area contributed by atoms with E-state index in [4.69, 9.17) is 15.6 Å². The Morgan fingerprint density at radius 3 is 2.75 bits per heavy atom. The van der Waals surface area contributed by atoms with Gasteiger partial charge in [-0.05, 0) is 0 Å². The van der Waals surface area contributed by atoms with Crippen LogP contribution in [0.5, 0.6) is 0 Å². The van der Waals surface area contributed by atoms with Crippen molar-refractivity contribution in [2.45, 2.75) is 24.5 Å². The minimum atomic E-state index is -1.32. The molecule has 0 amide bonds. The van der Waals surface area contributed by atoms with Crippen molar-refractivity contribution in [3.8, 4) is 0 Å². The summed E-state index contributed by atoms with van der Waals surface area (Å²) in [6, 6.07) is 0. The molecule has 1 saturated heterocycles. The van der Waals surface area contributed by atoms with E-state index in [0.29, 0.717) is 0 Å². The fourth-order valence-electron chi connectivity index (χ4n) is 2.21. The average molecular weight is 288 g/mol. The predicted octanol–water partition coefficient (Wildman–Crippen LogP) is -1.84. The van der Waals surface area contributed by atoms with Gasteiger partial charge in [0.25, 0.3) is 0 Å². The second-order valence-electron chi connectivity index (χ2n) is 4.43. The highest BCUT2D eigenvalue weighted by Gasteiger charge is 2.44. The second kappa shape index (κ2) is 4.59. The number of halogens is 1. The van der Waals surface area contributed by atoms with E-state index in [0.717, 1.165) is 0 Å². The van der Waals surface area contributed by atoms with Gasteiger partial charge in [0.05, 0.1) is 12.9 Å². The number of hydrogen-bond acceptors (Lipinski definition) is 8. The number of imidazole rings is 1. The van der Waals surface area contributed by atoms with E-state index >= 15 is 0 Å². The van der Waals surface area contributed by atoms with Gasteiger partial charge in [-0.15, -0.1) is 0 Å². The molecule has 1 aliphatic rings. The van der Waals surface area contributed by atoms with Crippen LogP contribution in [-0.4, -0.2) is 59.8 Å². The molecule has 5 N–H and O–H groups in total. The fraction of sp³-hybridized carbons (Fsp3) is 0.500. The Kier molecular flexibility index (Phi) is 3.01. The number of fused-ring (bicyclic) bond motifs is 1. The van der Waals surface area contributed by atoms with Crippen molar-refractivity contribution >= 4 is 17.0 Å². The first-order valence-electron chi connectivity index (χ1n) is 5.81. The molecule has 0 saturated carbocycles. The zero-order chi connectivity index (χ0) is 14.4. The SMILES string of the molecule is Nc1nc(F)n[13c]2[13c]1[15n]cn2[C@@H]1O[C@H](CO)C(O)[C@H]1O. The first-order chi connectivity index (χ1) is 9.52. The molecule has 0 aliphatic carbocycles. The summed E-state index contributed by atoms with van der Waals surface area (Å²) in [4.78, 5) is 10.8. The summed E-state index contributed by atoms with van der Waals surface area (Å²) in [7, 11) is 0. The minimum Gasteiger partial charge on any atom is -0.394 e. The Bertz CT molecular complexity index is 650. The number of aliphatic hydroxyl groups excluding tert-OH is 3. The van der Waals surface area contributed by atoms with Crippen molar-refractivity contribution in [1.29, 1.82) is 0 Å². The lowest BCUT2D eigenvalue weighted by Crippen LogP contribution is -2.33. The van der Waals surface area contributed by atoms with Gasteiger partial charge in [-0.2, -0.15) is 14.4 Å². The van der Waals surface area contributed by atoms with Crippen LogP contribution in [0, 0.1) is 6.08 Å². The topological polar surface area (TPSA) is 140 Å². The maximum Gasteiger partial charge on any atom is 0.312 e. The predicted molar refractivity (Wildman–Crippen MR) is 62.7 cm³/mol. The summed E-state index contributed by atoms with van der Waals surface area (Å²) in [6.07, 6.45) is -4.38. The van der Waals surface area contributed by atoms with Crippen LogP contribution in [0.3, 0.4) is 0 Å². The van der Waals surface area contributed by atoms with Crippen molar-refractivity contribution in [2.75, 3.05) is 12.3 Å². The molecule has 108 valence electrons. The van der Waals surface area contributed by atoms with Crippen LogP contribution in [0.1, 0.15) is 6.23 Å². The van der Waals surface area contributed by atoms with Gasteiger partial charge in [-0.25, -0.2) is 4.98 Å². The molecule has 0 aromatic carbocycles. The molecule has 0 spiro atoms. The molecule has 10 heteroatoms. The van der Waals surface area contributed by atoms with E-state index in [2.05, 4.69) is 15.0 Å². The Morgan fingerprint density at radius 2 is 2.10 bits per heavy atom. The number of rotatable bonds is 2. The van der Waals surface area contributed by atoms with Crippen LogP contribution >= 0.6 is 0 Å². The molecule has 1 fully saturated rings. The summed E-state index contributed by atoms with van der Waals surface area (Å²) < 4.78 is 19.8. The van der Waals surface area contributed by atoms with Gasteiger partial charge in [0, 0.05) is 0 Å². The smallest absolute Gasteiger partial charge is 0.312 e. The zero-order valence-corrected chi connectivity index (χ0v) is 10.1. The number of nitrogens with zero attached hydrogens (tertiary/aromatic N) is 4. The van der Waals surface area contributed by atoms with E-state index < -0.39 is 37.2 Å². The van der Waals surface area contributed by atoms with Crippen LogP contribution in [-0.2, 0) is 4.74 Å². The van der Waals surface area contributed by atoms with Crippen LogP contribution in [0.25, 0.3) is 11.2 Å². The van der Waals surface area contributed by atoms with E-state index in [1.54, 1.807) is 0 Å². The van der Waals surface area contributed by atoms with E-state index in [9.17, 15) is 14.6 Å². The third kappa shape index (κ3) is 1.81. The first-order valence-corrected chi connectivity index (χ1v) is 5.81. The van der Waals surface area contributed by atoms with Crippen LogP contribution in [0.2, 0.25) is 0 Å². The lowest BCUT2D eigenvalue weighted by molar-refractivity contribution is -0.0511. The Morgan fingerprint density at radius 1 is 1.35 bits per heavy atom. The highest BCUT2D eigenvalue weighted by Crippen LogP contribution is 2.31. The molecule has 1 unspecified atom stereocenters. The summed E-state index contributed by atoms with van der Waals surface area (Å²) >= 11 is 0. The number of nitrogens with two attached hydrogens (primary N) is 1. The maximum absolute atomic E-state index is 13.2. The van der Waals surface area contributed by atoms with E-state index in [-0.39, 0.29) is 17.0 Å². The molecule has 1 aliphatic heterocycles. The van der Waals surface area contributed by atoms with Crippen molar-refractivity contribution in [2.24, 2.45) is 0 Å². The molecule has 0 radical (unpaired) electrons. The molecule has 3 heterocycles. The molecule has 2 aromatic rings. The third-order valence-corrected chi connectivity index (χ3v) is 3.21. The maximum atomic E-state index is 13.2. The number of nitrogen functional groups attached to an aromatic ring is 1. The molecular formula is C10H12FN5O4. The molecule has 4 atom stereocenters. The van der Waals surface area contributed by atoms with Gasteiger partial charge >= 0.3 is 6.08 Å². The molecule has 0 bridgehead atoms. The average Bonchev–Trinajstić information content (AvgIpc) is 2.93. The van der Waals surface area contributed by atoms with Crippen LogP contribution in [0.15, 0.2) is 6.33 Å². The normalized spacial score (nSPS) is 30.2. The molecule has 9 nitrogen and oxygen atoms in total. The number of anilines is 1. The molecule has 2 aromatic heterocycles. The number of aliphatic hydroxyl groups is 3. The van der Waals surface area contributed by atoms with Gasteiger partial charge in [-0.3, -0.25) is 4.57 Å². The highest BCUT2D eigenvalue weighted by atomic mass is 19.1. The Hall–Kier alpha value is -1.88. The number of hydrogen-bond donors (Lipinski definition) is 4. The van der Waals surface area contributed by atoms with Crippen molar-refractivity contribution in [3.05, 3.63) is 12.4 Å². The van der Waals surface area contributed by atoms with E-state index in [1.165, 1.54) is 10.9 Å². The lowest BCUT2D eigenvalue weighted by atomic mass is 10.1. The van der Waals surface area contributed by atoms with Gasteiger partial charge in [0.15, 0.2) is 23.2 Å². The summed E-state index contributed by atoms with van der Waals surface area (Å²) in [6.45, 7) is -0.465. The third-order valence-electron chi connectivity index (χ3n) is 3.21. The van der Waals surface area contributed by atoms with Crippen molar-refractivity contribution < 1.29 is 24.4 Å². The molecule has 3 rings (SSSR count). The molecule has 20 heavy (non-hydrogen) atoms. The van der Waals surface area contributed by atoms with Crippen LogP contribution < -0.4 is 5.73 Å². The monoisotopic (exact) mass is 288 g/mol. The highest BCUT2D eigenvalue weighted by molar-refractivity contribution is 5.81. The largest absolute Gasteiger partial charge is 0.394 e.